The molecule has 3 N–H and O–H groups in total. The number of nitro groups is 1. The lowest BCUT2D eigenvalue weighted by Crippen LogP contribution is -2.45. The summed E-state index contributed by atoms with van der Waals surface area (Å²) in [6, 6.07) is 13.8. The van der Waals surface area contributed by atoms with E-state index in [1.165, 1.54) is 12.1 Å². The van der Waals surface area contributed by atoms with Crippen LogP contribution in [-0.2, 0) is 4.79 Å². The molecule has 0 bridgehead atoms. The number of amides is 1. The molecule has 3 rings (SSSR count). The molecule has 2 atom stereocenters. The summed E-state index contributed by atoms with van der Waals surface area (Å²) in [6.07, 6.45) is 0.282. The Morgan fingerprint density at radius 3 is 2.85 bits per heavy atom. The van der Waals surface area contributed by atoms with E-state index in [4.69, 9.17) is 4.74 Å². The van der Waals surface area contributed by atoms with Gasteiger partial charge in [0.25, 0.3) is 11.6 Å². The monoisotopic (exact) mass is 356 g/mol. The first-order valence-corrected chi connectivity index (χ1v) is 8.26. The van der Waals surface area contributed by atoms with Crippen molar-refractivity contribution in [3.63, 3.8) is 0 Å². The molecule has 0 aromatic heterocycles. The first kappa shape index (κ1) is 17.8. The van der Waals surface area contributed by atoms with Crippen molar-refractivity contribution in [2.45, 2.75) is 25.6 Å². The Labute approximate surface area is 150 Å². The maximum absolute atomic E-state index is 12.1. The second-order valence-corrected chi connectivity index (χ2v) is 6.10. The van der Waals surface area contributed by atoms with Crippen molar-refractivity contribution < 1.29 is 14.5 Å². The van der Waals surface area contributed by atoms with Gasteiger partial charge in [0.1, 0.15) is 5.75 Å². The number of nitro benzene ring substituents is 1. The summed E-state index contributed by atoms with van der Waals surface area (Å²) in [5.74, 6) is 0.432. The number of hydrogen-bond acceptors (Lipinski definition) is 6. The lowest BCUT2D eigenvalue weighted by Gasteiger charge is -2.13. The van der Waals surface area contributed by atoms with Gasteiger partial charge < -0.3 is 10.1 Å². The lowest BCUT2D eigenvalue weighted by molar-refractivity contribution is -0.384. The molecular formula is C18H20N4O4. The Hall–Kier alpha value is -2.97. The minimum Gasteiger partial charge on any atom is -0.484 e. The molecule has 0 aliphatic carbocycles. The fourth-order valence-electron chi connectivity index (χ4n) is 2.82. The van der Waals surface area contributed by atoms with Gasteiger partial charge in [-0.05, 0) is 24.1 Å². The standard InChI is InChI=1S/C18H20N4O4/c1-12-5-2-3-8-16(12)26-11-18(23)19-17-10-15(20-21-17)13-6-4-7-14(9-13)22(24)25/h2-9,15,17,20-21H,10-11H2,1H3,(H,19,23). The van der Waals surface area contributed by atoms with Crippen LogP contribution in [0.5, 0.6) is 5.75 Å². The topological polar surface area (TPSA) is 106 Å². The lowest BCUT2D eigenvalue weighted by atomic mass is 10.0. The molecule has 2 aromatic rings. The van der Waals surface area contributed by atoms with E-state index in [1.54, 1.807) is 6.07 Å². The van der Waals surface area contributed by atoms with E-state index in [0.29, 0.717) is 12.2 Å². The van der Waals surface area contributed by atoms with Crippen LogP contribution in [0.25, 0.3) is 0 Å². The second kappa shape index (κ2) is 7.94. The minimum absolute atomic E-state index is 0.0448. The van der Waals surface area contributed by atoms with Gasteiger partial charge in [0.15, 0.2) is 6.61 Å². The predicted octanol–water partition coefficient (Wildman–Crippen LogP) is 1.96. The van der Waals surface area contributed by atoms with Crippen molar-refractivity contribution in [1.82, 2.24) is 16.2 Å². The minimum atomic E-state index is -0.423. The molecule has 0 radical (unpaired) electrons. The number of hydrazine groups is 1. The summed E-state index contributed by atoms with van der Waals surface area (Å²) in [6.45, 7) is 1.84. The van der Waals surface area contributed by atoms with Crippen LogP contribution in [0, 0.1) is 17.0 Å². The van der Waals surface area contributed by atoms with Crippen molar-refractivity contribution >= 4 is 11.6 Å². The van der Waals surface area contributed by atoms with Crippen molar-refractivity contribution in [2.75, 3.05) is 6.61 Å². The third-order valence-corrected chi connectivity index (χ3v) is 4.17. The quantitative estimate of drug-likeness (QED) is 0.540. The number of aryl methyl sites for hydroxylation is 1. The molecule has 0 saturated carbocycles. The Morgan fingerprint density at radius 2 is 2.08 bits per heavy atom. The summed E-state index contributed by atoms with van der Waals surface area (Å²) < 4.78 is 5.53. The molecule has 1 amide bonds. The largest absolute Gasteiger partial charge is 0.484 e. The summed E-state index contributed by atoms with van der Waals surface area (Å²) in [5, 5.41) is 13.7. The van der Waals surface area contributed by atoms with Crippen molar-refractivity contribution in [3.05, 3.63) is 69.8 Å². The first-order valence-electron chi connectivity index (χ1n) is 8.26. The molecular weight excluding hydrogens is 336 g/mol. The smallest absolute Gasteiger partial charge is 0.269 e. The number of non-ortho nitro benzene ring substituents is 1. The summed E-state index contributed by atoms with van der Waals surface area (Å²) >= 11 is 0. The third-order valence-electron chi connectivity index (χ3n) is 4.17. The second-order valence-electron chi connectivity index (χ2n) is 6.10. The zero-order valence-corrected chi connectivity index (χ0v) is 14.3. The number of nitrogens with zero attached hydrogens (tertiary/aromatic N) is 1. The SMILES string of the molecule is Cc1ccccc1OCC(=O)NC1CC(c2cccc([N+](=O)[O-])c2)NN1. The summed E-state index contributed by atoms with van der Waals surface area (Å²) in [4.78, 5) is 22.5. The van der Waals surface area contributed by atoms with Crippen molar-refractivity contribution in [2.24, 2.45) is 0 Å². The zero-order valence-electron chi connectivity index (χ0n) is 14.3. The van der Waals surface area contributed by atoms with Crippen LogP contribution in [0.3, 0.4) is 0 Å². The van der Waals surface area contributed by atoms with Crippen molar-refractivity contribution in [1.29, 1.82) is 0 Å². The molecule has 2 aromatic carbocycles. The number of nitrogens with one attached hydrogen (secondary N) is 3. The van der Waals surface area contributed by atoms with E-state index in [0.717, 1.165) is 11.1 Å². The molecule has 8 nitrogen and oxygen atoms in total. The average Bonchev–Trinajstić information content (AvgIpc) is 3.09. The Kier molecular flexibility index (Phi) is 5.45. The third kappa shape index (κ3) is 4.35. The number of rotatable bonds is 6. The predicted molar refractivity (Wildman–Crippen MR) is 95.3 cm³/mol. The van der Waals surface area contributed by atoms with E-state index in [9.17, 15) is 14.9 Å². The summed E-state index contributed by atoms with van der Waals surface area (Å²) in [5.41, 5.74) is 7.84. The highest BCUT2D eigenvalue weighted by atomic mass is 16.6. The normalized spacial score (nSPS) is 19.1. The molecule has 1 aliphatic heterocycles. The van der Waals surface area contributed by atoms with Crippen LogP contribution in [-0.4, -0.2) is 23.6 Å². The fourth-order valence-corrected chi connectivity index (χ4v) is 2.82. The van der Waals surface area contributed by atoms with Crippen LogP contribution in [0.2, 0.25) is 0 Å². The molecule has 1 aliphatic rings. The highest BCUT2D eigenvalue weighted by Crippen LogP contribution is 2.24. The van der Waals surface area contributed by atoms with Gasteiger partial charge in [0.2, 0.25) is 0 Å². The molecule has 1 heterocycles. The fraction of sp³-hybridized carbons (Fsp3) is 0.278. The molecule has 136 valence electrons. The van der Waals surface area contributed by atoms with E-state index in [1.807, 2.05) is 37.3 Å². The van der Waals surface area contributed by atoms with Gasteiger partial charge in [0, 0.05) is 24.6 Å². The molecule has 2 unspecified atom stereocenters. The Balaban J connectivity index is 1.51. The Morgan fingerprint density at radius 1 is 1.27 bits per heavy atom. The summed E-state index contributed by atoms with van der Waals surface area (Å²) in [7, 11) is 0. The highest BCUT2D eigenvalue weighted by Gasteiger charge is 2.27. The number of benzene rings is 2. The maximum Gasteiger partial charge on any atom is 0.269 e. The van der Waals surface area contributed by atoms with Gasteiger partial charge in [-0.3, -0.25) is 14.9 Å². The Bertz CT molecular complexity index is 811. The van der Waals surface area contributed by atoms with E-state index in [-0.39, 0.29) is 30.4 Å². The number of para-hydroxylation sites is 1. The highest BCUT2D eigenvalue weighted by molar-refractivity contribution is 5.77. The molecule has 8 heteroatoms. The van der Waals surface area contributed by atoms with Gasteiger partial charge in [-0.15, -0.1) is 0 Å². The van der Waals surface area contributed by atoms with Crippen LogP contribution in [0.1, 0.15) is 23.6 Å². The molecule has 1 saturated heterocycles. The zero-order chi connectivity index (χ0) is 18.5. The van der Waals surface area contributed by atoms with Crippen molar-refractivity contribution in [3.8, 4) is 5.75 Å². The van der Waals surface area contributed by atoms with E-state index < -0.39 is 4.92 Å². The van der Waals surface area contributed by atoms with Gasteiger partial charge in [-0.25, -0.2) is 10.9 Å². The van der Waals surface area contributed by atoms with Crippen LogP contribution >= 0.6 is 0 Å². The number of hydrogen-bond donors (Lipinski definition) is 3. The van der Waals surface area contributed by atoms with Gasteiger partial charge in [-0.2, -0.15) is 0 Å². The molecule has 0 spiro atoms. The number of ether oxygens (including phenoxy) is 1. The van der Waals surface area contributed by atoms with Crippen LogP contribution in [0.4, 0.5) is 5.69 Å². The average molecular weight is 356 g/mol. The number of carbonyl (C=O) groups is 1. The number of carbonyl (C=O) groups excluding carboxylic acids is 1. The van der Waals surface area contributed by atoms with Gasteiger partial charge in [-0.1, -0.05) is 30.3 Å². The first-order chi connectivity index (χ1) is 12.5. The van der Waals surface area contributed by atoms with E-state index >= 15 is 0 Å². The van der Waals surface area contributed by atoms with Gasteiger partial charge >= 0.3 is 0 Å². The molecule has 26 heavy (non-hydrogen) atoms. The van der Waals surface area contributed by atoms with Crippen LogP contribution in [0.15, 0.2) is 48.5 Å². The molecule has 1 fully saturated rings. The van der Waals surface area contributed by atoms with Crippen LogP contribution < -0.4 is 20.9 Å². The van der Waals surface area contributed by atoms with Gasteiger partial charge in [0.05, 0.1) is 11.1 Å². The maximum atomic E-state index is 12.1. The van der Waals surface area contributed by atoms with E-state index in [2.05, 4.69) is 16.2 Å².